The van der Waals surface area contributed by atoms with Crippen molar-refractivity contribution >= 4 is 18.0 Å². The van der Waals surface area contributed by atoms with E-state index in [0.717, 1.165) is 0 Å². The first-order chi connectivity index (χ1) is 11.4. The molecule has 1 saturated heterocycles. The highest BCUT2D eigenvalue weighted by molar-refractivity contribution is 6.18. The molecule has 2 aromatic rings. The van der Waals surface area contributed by atoms with Crippen LogP contribution in [0.3, 0.4) is 0 Å². The Hall–Kier alpha value is -3.15. The highest BCUT2D eigenvalue weighted by Gasteiger charge is 2.38. The first-order valence-electron chi connectivity index (χ1n) is 7.30. The molecule has 1 fully saturated rings. The van der Waals surface area contributed by atoms with Crippen molar-refractivity contribution in [1.82, 2.24) is 4.98 Å². The standard InChI is InChI=1S/C18H15NO5/c1-18(2)23-16(20)14(17(21)24-18)10-12-8-9-15(19-11-12)22-13-6-4-3-5-7-13/h3-11H,1-2H3. The molecule has 0 bridgehead atoms. The Morgan fingerprint density at radius 2 is 1.67 bits per heavy atom. The monoisotopic (exact) mass is 325 g/mol. The average molecular weight is 325 g/mol. The fourth-order valence-electron chi connectivity index (χ4n) is 2.09. The summed E-state index contributed by atoms with van der Waals surface area (Å²) in [5.74, 6) is -1.63. The second-order valence-corrected chi connectivity index (χ2v) is 5.58. The van der Waals surface area contributed by atoms with Crippen molar-refractivity contribution in [3.8, 4) is 11.6 Å². The lowest BCUT2D eigenvalue weighted by Crippen LogP contribution is -2.41. The van der Waals surface area contributed by atoms with Gasteiger partial charge in [-0.25, -0.2) is 14.6 Å². The molecule has 6 heteroatoms. The van der Waals surface area contributed by atoms with Gasteiger partial charge in [-0.1, -0.05) is 18.2 Å². The Balaban J connectivity index is 1.76. The number of hydrogen-bond acceptors (Lipinski definition) is 6. The summed E-state index contributed by atoms with van der Waals surface area (Å²) in [7, 11) is 0. The van der Waals surface area contributed by atoms with Crippen molar-refractivity contribution in [2.75, 3.05) is 0 Å². The van der Waals surface area contributed by atoms with Crippen molar-refractivity contribution in [2.45, 2.75) is 19.6 Å². The van der Waals surface area contributed by atoms with Crippen LogP contribution in [0.5, 0.6) is 11.6 Å². The molecule has 2 heterocycles. The molecule has 0 amide bonds. The van der Waals surface area contributed by atoms with E-state index in [4.69, 9.17) is 14.2 Å². The van der Waals surface area contributed by atoms with Crippen LogP contribution in [0.1, 0.15) is 19.4 Å². The summed E-state index contributed by atoms with van der Waals surface area (Å²) in [6.07, 6.45) is 2.87. The Morgan fingerprint density at radius 1 is 1.00 bits per heavy atom. The van der Waals surface area contributed by atoms with Gasteiger partial charge in [-0.05, 0) is 29.8 Å². The molecule has 0 spiro atoms. The van der Waals surface area contributed by atoms with Crippen molar-refractivity contribution in [3.05, 3.63) is 59.8 Å². The fraction of sp³-hybridized carbons (Fsp3) is 0.167. The van der Waals surface area contributed by atoms with Crippen LogP contribution in [0, 0.1) is 0 Å². The van der Waals surface area contributed by atoms with Gasteiger partial charge in [0, 0.05) is 26.1 Å². The minimum atomic E-state index is -1.25. The summed E-state index contributed by atoms with van der Waals surface area (Å²) in [6.45, 7) is 2.99. The van der Waals surface area contributed by atoms with Gasteiger partial charge in [0.1, 0.15) is 11.3 Å². The van der Waals surface area contributed by atoms with Crippen LogP contribution in [0.4, 0.5) is 0 Å². The molecule has 24 heavy (non-hydrogen) atoms. The summed E-state index contributed by atoms with van der Waals surface area (Å²) in [5, 5.41) is 0. The van der Waals surface area contributed by atoms with E-state index < -0.39 is 17.7 Å². The van der Waals surface area contributed by atoms with Gasteiger partial charge < -0.3 is 14.2 Å². The van der Waals surface area contributed by atoms with Gasteiger partial charge >= 0.3 is 11.9 Å². The fourth-order valence-corrected chi connectivity index (χ4v) is 2.09. The Bertz CT molecular complexity index is 772. The van der Waals surface area contributed by atoms with E-state index in [2.05, 4.69) is 4.98 Å². The average Bonchev–Trinajstić information content (AvgIpc) is 2.53. The zero-order valence-corrected chi connectivity index (χ0v) is 13.2. The molecule has 1 aromatic heterocycles. The van der Waals surface area contributed by atoms with Crippen molar-refractivity contribution < 1.29 is 23.8 Å². The first-order valence-corrected chi connectivity index (χ1v) is 7.30. The summed E-state index contributed by atoms with van der Waals surface area (Å²) >= 11 is 0. The van der Waals surface area contributed by atoms with Gasteiger partial charge in [0.2, 0.25) is 5.88 Å². The van der Waals surface area contributed by atoms with E-state index in [0.29, 0.717) is 17.2 Å². The molecule has 1 aromatic carbocycles. The van der Waals surface area contributed by atoms with E-state index in [1.165, 1.54) is 26.1 Å². The summed E-state index contributed by atoms with van der Waals surface area (Å²) in [6, 6.07) is 12.5. The SMILES string of the molecule is CC1(C)OC(=O)C(=Cc2ccc(Oc3ccccc3)nc2)C(=O)O1. The number of para-hydroxylation sites is 1. The maximum atomic E-state index is 11.9. The van der Waals surface area contributed by atoms with Crippen molar-refractivity contribution in [2.24, 2.45) is 0 Å². The van der Waals surface area contributed by atoms with E-state index in [9.17, 15) is 9.59 Å². The molecule has 0 aliphatic carbocycles. The minimum absolute atomic E-state index is 0.173. The van der Waals surface area contributed by atoms with Gasteiger partial charge in [-0.2, -0.15) is 0 Å². The number of hydrogen-bond donors (Lipinski definition) is 0. The van der Waals surface area contributed by atoms with Crippen LogP contribution in [0.25, 0.3) is 6.08 Å². The molecule has 0 radical (unpaired) electrons. The minimum Gasteiger partial charge on any atom is -0.439 e. The van der Waals surface area contributed by atoms with E-state index >= 15 is 0 Å². The maximum Gasteiger partial charge on any atom is 0.348 e. The van der Waals surface area contributed by atoms with Crippen LogP contribution in [-0.4, -0.2) is 22.7 Å². The molecule has 6 nitrogen and oxygen atoms in total. The number of pyridine rings is 1. The highest BCUT2D eigenvalue weighted by Crippen LogP contribution is 2.24. The molecule has 1 aliphatic heterocycles. The number of ether oxygens (including phenoxy) is 3. The van der Waals surface area contributed by atoms with E-state index in [1.807, 2.05) is 30.3 Å². The molecular weight excluding hydrogens is 310 g/mol. The van der Waals surface area contributed by atoms with Gasteiger partial charge in [-0.15, -0.1) is 0 Å². The summed E-state index contributed by atoms with van der Waals surface area (Å²) in [5.41, 5.74) is 0.381. The van der Waals surface area contributed by atoms with E-state index in [1.54, 1.807) is 12.1 Å². The third kappa shape index (κ3) is 3.60. The molecule has 1 aliphatic rings. The lowest BCUT2D eigenvalue weighted by Gasteiger charge is -2.29. The topological polar surface area (TPSA) is 74.7 Å². The second kappa shape index (κ2) is 6.16. The van der Waals surface area contributed by atoms with Gasteiger partial charge in [-0.3, -0.25) is 0 Å². The summed E-state index contributed by atoms with van der Waals surface area (Å²) < 4.78 is 15.7. The lowest BCUT2D eigenvalue weighted by molar-refractivity contribution is -0.222. The molecule has 122 valence electrons. The Morgan fingerprint density at radius 3 is 2.25 bits per heavy atom. The number of cyclic esters (lactones) is 2. The second-order valence-electron chi connectivity index (χ2n) is 5.58. The predicted octanol–water partition coefficient (Wildman–Crippen LogP) is 3.09. The smallest absolute Gasteiger partial charge is 0.348 e. The third-order valence-electron chi connectivity index (χ3n) is 3.15. The zero-order chi connectivity index (χ0) is 17.2. The number of carbonyl (C=O) groups is 2. The van der Waals surface area contributed by atoms with Gasteiger partial charge in [0.15, 0.2) is 0 Å². The normalized spacial score (nSPS) is 16.2. The predicted molar refractivity (Wildman–Crippen MR) is 85.0 cm³/mol. The number of esters is 2. The van der Waals surface area contributed by atoms with Crippen LogP contribution in [-0.2, 0) is 19.1 Å². The molecule has 0 atom stereocenters. The van der Waals surface area contributed by atoms with Crippen LogP contribution >= 0.6 is 0 Å². The molecule has 0 N–H and O–H groups in total. The number of nitrogens with zero attached hydrogens (tertiary/aromatic N) is 1. The van der Waals surface area contributed by atoms with Crippen molar-refractivity contribution in [3.63, 3.8) is 0 Å². The quantitative estimate of drug-likeness (QED) is 0.490. The van der Waals surface area contributed by atoms with Gasteiger partial charge in [0.05, 0.1) is 0 Å². The van der Waals surface area contributed by atoms with Crippen molar-refractivity contribution in [1.29, 1.82) is 0 Å². The Kier molecular flexibility index (Phi) is 4.04. The van der Waals surface area contributed by atoms with Gasteiger partial charge in [0.25, 0.3) is 5.79 Å². The number of carbonyl (C=O) groups excluding carboxylic acids is 2. The molecular formula is C18H15NO5. The molecule has 0 unspecified atom stereocenters. The Labute approximate surface area is 138 Å². The first kappa shape index (κ1) is 15.7. The van der Waals surface area contributed by atoms with E-state index in [-0.39, 0.29) is 5.57 Å². The van der Waals surface area contributed by atoms with Crippen LogP contribution in [0.15, 0.2) is 54.2 Å². The van der Waals surface area contributed by atoms with Crippen LogP contribution in [0.2, 0.25) is 0 Å². The maximum absolute atomic E-state index is 11.9. The summed E-state index contributed by atoms with van der Waals surface area (Å²) in [4.78, 5) is 27.9. The third-order valence-corrected chi connectivity index (χ3v) is 3.15. The molecule has 3 rings (SSSR count). The number of rotatable bonds is 3. The zero-order valence-electron chi connectivity index (χ0n) is 13.2. The van der Waals surface area contributed by atoms with Crippen LogP contribution < -0.4 is 4.74 Å². The highest BCUT2D eigenvalue weighted by atomic mass is 16.7. The lowest BCUT2D eigenvalue weighted by atomic mass is 10.1. The molecule has 0 saturated carbocycles. The number of benzene rings is 1. The number of aromatic nitrogens is 1. The largest absolute Gasteiger partial charge is 0.439 e.